The van der Waals surface area contributed by atoms with Crippen LogP contribution in [0.15, 0.2) is 48.0 Å². The summed E-state index contributed by atoms with van der Waals surface area (Å²) in [5.74, 6) is 1.99. The largest absolute Gasteiger partial charge is 0.485 e. The Labute approximate surface area is 205 Å². The highest BCUT2D eigenvalue weighted by atomic mass is 32.1. The number of nitrogens with zero attached hydrogens (tertiary/aromatic N) is 4. The second kappa shape index (κ2) is 11.3. The van der Waals surface area contributed by atoms with Gasteiger partial charge in [0.15, 0.2) is 0 Å². The lowest BCUT2D eigenvalue weighted by molar-refractivity contribution is 0.0754. The summed E-state index contributed by atoms with van der Waals surface area (Å²) in [7, 11) is 3.91. The van der Waals surface area contributed by atoms with E-state index in [1.165, 1.54) is 4.88 Å². The van der Waals surface area contributed by atoms with Gasteiger partial charge in [-0.1, -0.05) is 18.2 Å². The number of hydrogen-bond acceptors (Lipinski definition) is 8. The lowest BCUT2D eigenvalue weighted by Crippen LogP contribution is -2.33. The minimum absolute atomic E-state index is 0.0182. The van der Waals surface area contributed by atoms with E-state index in [4.69, 9.17) is 4.74 Å². The van der Waals surface area contributed by atoms with E-state index in [-0.39, 0.29) is 12.0 Å². The van der Waals surface area contributed by atoms with Crippen LogP contribution >= 0.6 is 11.3 Å². The van der Waals surface area contributed by atoms with Crippen LogP contribution in [0.2, 0.25) is 0 Å². The zero-order chi connectivity index (χ0) is 23.9. The van der Waals surface area contributed by atoms with Crippen molar-refractivity contribution in [2.24, 2.45) is 0 Å². The van der Waals surface area contributed by atoms with Crippen LogP contribution in [0.25, 0.3) is 0 Å². The molecule has 180 valence electrons. The molecule has 0 bridgehead atoms. The van der Waals surface area contributed by atoms with Crippen LogP contribution in [-0.4, -0.2) is 61.0 Å². The van der Waals surface area contributed by atoms with E-state index in [0.29, 0.717) is 37.0 Å². The topological polar surface area (TPSA) is 82.6 Å². The molecule has 0 saturated heterocycles. The molecule has 0 fully saturated rings. The number of carbonyl (C=O) groups is 1. The lowest BCUT2D eigenvalue weighted by Gasteiger charge is -2.22. The average molecular weight is 481 g/mol. The molecule has 4 rings (SSSR count). The summed E-state index contributed by atoms with van der Waals surface area (Å²) in [4.78, 5) is 27.2. The Morgan fingerprint density at radius 3 is 2.74 bits per heavy atom. The van der Waals surface area contributed by atoms with Crippen LogP contribution < -0.4 is 20.3 Å². The first-order chi connectivity index (χ1) is 16.6. The fourth-order valence-corrected chi connectivity index (χ4v) is 4.71. The number of amides is 1. The molecule has 1 aliphatic heterocycles. The van der Waals surface area contributed by atoms with Crippen molar-refractivity contribution in [3.8, 4) is 5.75 Å². The van der Waals surface area contributed by atoms with Gasteiger partial charge in [-0.15, -0.1) is 11.3 Å². The molecule has 34 heavy (non-hydrogen) atoms. The lowest BCUT2D eigenvalue weighted by atomic mass is 10.1. The maximum Gasteiger partial charge on any atom is 0.259 e. The molecule has 2 aromatic heterocycles. The van der Waals surface area contributed by atoms with Crippen molar-refractivity contribution >= 4 is 29.0 Å². The van der Waals surface area contributed by atoms with Gasteiger partial charge in [0, 0.05) is 50.7 Å². The molecule has 0 saturated carbocycles. The Balaban J connectivity index is 1.45. The molecule has 3 aromatic rings. The molecule has 0 radical (unpaired) electrons. The molecule has 0 unspecified atom stereocenters. The Morgan fingerprint density at radius 2 is 2.03 bits per heavy atom. The van der Waals surface area contributed by atoms with E-state index in [1.807, 2.05) is 55.1 Å². The molecule has 9 heteroatoms. The number of hydrogen-bond donors (Lipinski definition) is 2. The highest BCUT2D eigenvalue weighted by Crippen LogP contribution is 2.29. The Morgan fingerprint density at radius 1 is 1.21 bits per heavy atom. The molecule has 3 heterocycles. The van der Waals surface area contributed by atoms with Crippen molar-refractivity contribution in [2.45, 2.75) is 26.0 Å². The van der Waals surface area contributed by atoms with E-state index in [9.17, 15) is 4.79 Å². The Hall–Kier alpha value is -3.17. The van der Waals surface area contributed by atoms with Crippen molar-refractivity contribution in [2.75, 3.05) is 50.5 Å². The minimum atomic E-state index is -0.0486. The van der Waals surface area contributed by atoms with Gasteiger partial charge in [0.05, 0.1) is 0 Å². The highest BCUT2D eigenvalue weighted by molar-refractivity contribution is 7.10. The third kappa shape index (κ3) is 5.66. The number of ether oxygens (including phenoxy) is 1. The van der Waals surface area contributed by atoms with Crippen LogP contribution in [-0.2, 0) is 6.54 Å². The summed E-state index contributed by atoms with van der Waals surface area (Å²) in [6.07, 6.45) is 2.54. The second-order valence-corrected chi connectivity index (χ2v) is 9.25. The van der Waals surface area contributed by atoms with Crippen LogP contribution in [0.3, 0.4) is 0 Å². The fraction of sp³-hybridized carbons (Fsp3) is 0.400. The van der Waals surface area contributed by atoms with Crippen LogP contribution in [0.5, 0.6) is 5.75 Å². The van der Waals surface area contributed by atoms with Crippen molar-refractivity contribution in [1.29, 1.82) is 0 Å². The van der Waals surface area contributed by atoms with Gasteiger partial charge < -0.3 is 25.2 Å². The number of thiophene rings is 1. The van der Waals surface area contributed by atoms with E-state index >= 15 is 0 Å². The molecule has 8 nitrogen and oxygen atoms in total. The van der Waals surface area contributed by atoms with Crippen LogP contribution in [0, 0.1) is 0 Å². The second-order valence-electron chi connectivity index (χ2n) is 8.27. The molecule has 1 aromatic carbocycles. The SMILES string of the molecule is CCNc1ncc2c(n1)N(C)CCN(Cc1ccc(O[C@H](CCNC)c3cccs3)cc1)C2=O. The van der Waals surface area contributed by atoms with E-state index in [2.05, 4.69) is 38.1 Å². The average Bonchev–Trinajstić information content (AvgIpc) is 3.36. The normalized spacial score (nSPS) is 14.5. The number of benzene rings is 1. The van der Waals surface area contributed by atoms with Gasteiger partial charge in [0.25, 0.3) is 5.91 Å². The number of aromatic nitrogens is 2. The number of nitrogens with one attached hydrogen (secondary N) is 2. The van der Waals surface area contributed by atoms with Crippen LogP contribution in [0.4, 0.5) is 11.8 Å². The maximum absolute atomic E-state index is 13.3. The molecule has 2 N–H and O–H groups in total. The van der Waals surface area contributed by atoms with E-state index < -0.39 is 0 Å². The smallest absolute Gasteiger partial charge is 0.259 e. The molecule has 1 atom stereocenters. The summed E-state index contributed by atoms with van der Waals surface area (Å²) in [6.45, 7) is 5.45. The van der Waals surface area contributed by atoms with Crippen molar-refractivity contribution in [3.05, 3.63) is 64.0 Å². The minimum Gasteiger partial charge on any atom is -0.485 e. The number of anilines is 2. The predicted octanol–water partition coefficient (Wildman–Crippen LogP) is 3.79. The monoisotopic (exact) mass is 480 g/mol. The molecule has 0 spiro atoms. The summed E-state index contributed by atoms with van der Waals surface area (Å²) >= 11 is 1.71. The third-order valence-electron chi connectivity index (χ3n) is 5.78. The Bertz CT molecular complexity index is 1070. The summed E-state index contributed by atoms with van der Waals surface area (Å²) in [6, 6.07) is 12.2. The molecule has 0 aliphatic carbocycles. The Kier molecular flexibility index (Phi) is 7.97. The van der Waals surface area contributed by atoms with E-state index in [1.54, 1.807) is 17.5 Å². The van der Waals surface area contributed by atoms with Crippen molar-refractivity contribution < 1.29 is 9.53 Å². The quantitative estimate of drug-likeness (QED) is 0.457. The van der Waals surface area contributed by atoms with Gasteiger partial charge in [-0.3, -0.25) is 4.79 Å². The first-order valence-electron chi connectivity index (χ1n) is 11.6. The van der Waals surface area contributed by atoms with Crippen LogP contribution in [0.1, 0.15) is 40.2 Å². The van der Waals surface area contributed by atoms with Gasteiger partial charge in [0.2, 0.25) is 5.95 Å². The number of rotatable bonds is 10. The van der Waals surface area contributed by atoms with Gasteiger partial charge in [-0.05, 0) is 49.7 Å². The molecule has 1 amide bonds. The maximum atomic E-state index is 13.3. The number of fused-ring (bicyclic) bond motifs is 1. The summed E-state index contributed by atoms with van der Waals surface area (Å²) in [5, 5.41) is 8.39. The first kappa shape index (κ1) is 24.0. The molecular weight excluding hydrogens is 448 g/mol. The van der Waals surface area contributed by atoms with Gasteiger partial charge >= 0.3 is 0 Å². The van der Waals surface area contributed by atoms with Crippen molar-refractivity contribution in [3.63, 3.8) is 0 Å². The fourth-order valence-electron chi connectivity index (χ4n) is 3.92. The third-order valence-corrected chi connectivity index (χ3v) is 6.74. The summed E-state index contributed by atoms with van der Waals surface area (Å²) in [5.41, 5.74) is 1.59. The summed E-state index contributed by atoms with van der Waals surface area (Å²) < 4.78 is 6.30. The van der Waals surface area contributed by atoms with Gasteiger partial charge in [0.1, 0.15) is 23.2 Å². The zero-order valence-electron chi connectivity index (χ0n) is 20.0. The number of carbonyl (C=O) groups excluding carboxylic acids is 1. The first-order valence-corrected chi connectivity index (χ1v) is 12.5. The van der Waals surface area contributed by atoms with Crippen molar-refractivity contribution in [1.82, 2.24) is 20.2 Å². The standard InChI is InChI=1S/C25H32N6O2S/c1-4-27-25-28-16-20-23(29-25)30(3)13-14-31(24(20)32)17-18-7-9-19(10-8-18)33-21(11-12-26-2)22-6-5-15-34-22/h5-10,15-16,21,26H,4,11-14,17H2,1-3H3,(H,27,28,29)/t21-/m1/s1. The molecular formula is C25H32N6O2S. The van der Waals surface area contributed by atoms with Gasteiger partial charge in [-0.25, -0.2) is 4.98 Å². The highest BCUT2D eigenvalue weighted by Gasteiger charge is 2.27. The predicted molar refractivity (Wildman–Crippen MR) is 137 cm³/mol. The molecule has 1 aliphatic rings. The zero-order valence-corrected chi connectivity index (χ0v) is 20.8. The number of likely N-dealkylation sites (N-methyl/N-ethyl adjacent to an activating group) is 1. The van der Waals surface area contributed by atoms with Gasteiger partial charge in [-0.2, -0.15) is 4.98 Å². The van der Waals surface area contributed by atoms with E-state index in [0.717, 1.165) is 30.8 Å².